The zero-order chi connectivity index (χ0) is 18.9. The first-order valence-electron chi connectivity index (χ1n) is 9.22. The average molecular weight is 371 g/mol. The van der Waals surface area contributed by atoms with Crippen LogP contribution in [0.25, 0.3) is 0 Å². The molecule has 4 nitrogen and oxygen atoms in total. The van der Waals surface area contributed by atoms with Crippen LogP contribution in [0.3, 0.4) is 0 Å². The lowest BCUT2D eigenvalue weighted by Gasteiger charge is -2.34. The van der Waals surface area contributed by atoms with Crippen molar-refractivity contribution in [2.75, 3.05) is 13.6 Å². The highest BCUT2D eigenvalue weighted by Crippen LogP contribution is 2.33. The van der Waals surface area contributed by atoms with Gasteiger partial charge in [-0.15, -0.1) is 9.24 Å². The summed E-state index contributed by atoms with van der Waals surface area (Å²) in [5, 5.41) is 5.56. The van der Waals surface area contributed by atoms with Crippen LogP contribution in [-0.2, 0) is 0 Å². The van der Waals surface area contributed by atoms with Gasteiger partial charge in [-0.1, -0.05) is 30.4 Å². The van der Waals surface area contributed by atoms with Gasteiger partial charge in [-0.05, 0) is 56.1 Å². The Bertz CT molecular complexity index is 731. The first-order chi connectivity index (χ1) is 12.3. The van der Waals surface area contributed by atoms with Crippen LogP contribution < -0.4 is 15.8 Å². The summed E-state index contributed by atoms with van der Waals surface area (Å²) in [7, 11) is 4.80. The number of ether oxygens (including phenoxy) is 1. The van der Waals surface area contributed by atoms with E-state index in [1.54, 1.807) is 0 Å². The number of rotatable bonds is 5. The topological polar surface area (TPSA) is 41.7 Å². The van der Waals surface area contributed by atoms with E-state index in [1.165, 1.54) is 5.57 Å². The number of likely N-dealkylation sites (N-methyl/N-ethyl adjacent to an activating group) is 1. The van der Waals surface area contributed by atoms with E-state index in [9.17, 15) is 0 Å². The summed E-state index contributed by atoms with van der Waals surface area (Å²) < 4.78 is 6.18. The molecule has 0 radical (unpaired) electrons. The standard InChI is InChI=1S/C21H30N3OP/c1-5-24-20(25-17-9-11-18(26)12-10-17)14-19(23(24)4)15-7-6-8-16(13-15)21(2,3)22/h6-7,9-14,16,19H,5,8,22,26H2,1-4H3. The van der Waals surface area contributed by atoms with E-state index >= 15 is 0 Å². The van der Waals surface area contributed by atoms with Crippen molar-refractivity contribution in [2.45, 2.75) is 38.8 Å². The summed E-state index contributed by atoms with van der Waals surface area (Å²) in [6.07, 6.45) is 9.98. The van der Waals surface area contributed by atoms with Crippen LogP contribution in [0.4, 0.5) is 0 Å². The summed E-state index contributed by atoms with van der Waals surface area (Å²) in [6, 6.07) is 8.22. The lowest BCUT2D eigenvalue weighted by molar-refractivity contribution is 0.0177. The summed E-state index contributed by atoms with van der Waals surface area (Å²) in [5.41, 5.74) is 7.41. The molecule has 140 valence electrons. The second-order valence-electron chi connectivity index (χ2n) is 7.64. The van der Waals surface area contributed by atoms with Gasteiger partial charge in [-0.3, -0.25) is 5.01 Å². The van der Waals surface area contributed by atoms with E-state index in [0.29, 0.717) is 5.92 Å². The molecule has 2 N–H and O–H groups in total. The molecule has 2 aliphatic rings. The van der Waals surface area contributed by atoms with E-state index in [2.05, 4.69) is 71.4 Å². The molecule has 3 unspecified atom stereocenters. The lowest BCUT2D eigenvalue weighted by atomic mass is 9.80. The van der Waals surface area contributed by atoms with E-state index in [0.717, 1.165) is 29.9 Å². The Morgan fingerprint density at radius 3 is 2.54 bits per heavy atom. The van der Waals surface area contributed by atoms with Gasteiger partial charge in [0.2, 0.25) is 5.88 Å². The SMILES string of the molecule is CCN1C(Oc2ccc(P)cc2)=CC(C2=CC(C(C)(C)N)CC=C2)N1C. The molecule has 0 amide bonds. The molecule has 5 heteroatoms. The molecule has 1 aliphatic heterocycles. The molecular weight excluding hydrogens is 341 g/mol. The molecule has 1 aromatic carbocycles. The molecule has 1 aromatic rings. The molecule has 3 rings (SSSR count). The van der Waals surface area contributed by atoms with Gasteiger partial charge < -0.3 is 10.5 Å². The Morgan fingerprint density at radius 2 is 1.92 bits per heavy atom. The van der Waals surface area contributed by atoms with Crippen molar-refractivity contribution in [3.63, 3.8) is 0 Å². The number of hydrogen-bond acceptors (Lipinski definition) is 4. The highest BCUT2D eigenvalue weighted by atomic mass is 31.0. The first kappa shape index (κ1) is 19.2. The fourth-order valence-electron chi connectivity index (χ4n) is 3.49. The minimum atomic E-state index is -0.222. The fourth-order valence-corrected chi connectivity index (χ4v) is 3.68. The predicted octanol–water partition coefficient (Wildman–Crippen LogP) is 3.20. The second kappa shape index (κ2) is 7.56. The zero-order valence-electron chi connectivity index (χ0n) is 16.1. The molecule has 0 fully saturated rings. The Labute approximate surface area is 159 Å². The molecule has 0 bridgehead atoms. The zero-order valence-corrected chi connectivity index (χ0v) is 17.3. The van der Waals surface area contributed by atoms with E-state index in [4.69, 9.17) is 10.5 Å². The van der Waals surface area contributed by atoms with Gasteiger partial charge in [0.25, 0.3) is 0 Å². The van der Waals surface area contributed by atoms with Gasteiger partial charge in [0.15, 0.2) is 0 Å². The number of hydrazine groups is 1. The first-order valence-corrected chi connectivity index (χ1v) is 9.80. The molecule has 0 saturated heterocycles. The van der Waals surface area contributed by atoms with Gasteiger partial charge in [0, 0.05) is 25.2 Å². The van der Waals surface area contributed by atoms with Crippen molar-refractivity contribution in [3.8, 4) is 5.75 Å². The number of nitrogens with two attached hydrogens (primary N) is 1. The van der Waals surface area contributed by atoms with Gasteiger partial charge in [-0.2, -0.15) is 0 Å². The molecular formula is C21H30N3OP. The molecule has 1 heterocycles. The van der Waals surface area contributed by atoms with Crippen LogP contribution in [0.15, 0.2) is 60.0 Å². The van der Waals surface area contributed by atoms with Gasteiger partial charge >= 0.3 is 0 Å². The van der Waals surface area contributed by atoms with Crippen LogP contribution in [0.1, 0.15) is 27.2 Å². The largest absolute Gasteiger partial charge is 0.440 e. The van der Waals surface area contributed by atoms with Gasteiger partial charge in [-0.25, -0.2) is 5.01 Å². The van der Waals surface area contributed by atoms with Crippen molar-refractivity contribution < 1.29 is 4.74 Å². The molecule has 0 aromatic heterocycles. The van der Waals surface area contributed by atoms with Crippen LogP contribution in [0.2, 0.25) is 0 Å². The highest BCUT2D eigenvalue weighted by Gasteiger charge is 2.33. The summed E-state index contributed by atoms with van der Waals surface area (Å²) in [5.74, 6) is 2.07. The number of allylic oxidation sites excluding steroid dienone is 1. The van der Waals surface area contributed by atoms with Gasteiger partial charge in [0.05, 0.1) is 6.04 Å². The number of nitrogens with zero attached hydrogens (tertiary/aromatic N) is 2. The normalized spacial score (nSPS) is 23.8. The smallest absolute Gasteiger partial charge is 0.208 e. The third-order valence-electron chi connectivity index (χ3n) is 5.13. The van der Waals surface area contributed by atoms with Crippen LogP contribution in [0.5, 0.6) is 5.75 Å². The average Bonchev–Trinajstić information content (AvgIpc) is 2.92. The van der Waals surface area contributed by atoms with Crippen molar-refractivity contribution in [1.82, 2.24) is 10.0 Å². The summed E-state index contributed by atoms with van der Waals surface area (Å²) >= 11 is 0. The third kappa shape index (κ3) is 4.03. The maximum Gasteiger partial charge on any atom is 0.208 e. The van der Waals surface area contributed by atoms with Crippen LogP contribution >= 0.6 is 9.24 Å². The maximum atomic E-state index is 6.36. The molecule has 0 saturated carbocycles. The molecule has 1 aliphatic carbocycles. The van der Waals surface area contributed by atoms with Gasteiger partial charge in [0.1, 0.15) is 5.75 Å². The number of hydrogen-bond donors (Lipinski definition) is 1. The van der Waals surface area contributed by atoms with E-state index in [1.807, 2.05) is 24.3 Å². The maximum absolute atomic E-state index is 6.36. The third-order valence-corrected chi connectivity index (χ3v) is 5.52. The Morgan fingerprint density at radius 1 is 1.23 bits per heavy atom. The minimum absolute atomic E-state index is 0.160. The molecule has 3 atom stereocenters. The van der Waals surface area contributed by atoms with E-state index < -0.39 is 0 Å². The quantitative estimate of drug-likeness (QED) is 0.807. The lowest BCUT2D eigenvalue weighted by Crippen LogP contribution is -2.43. The van der Waals surface area contributed by atoms with E-state index in [-0.39, 0.29) is 11.6 Å². The Balaban J connectivity index is 1.85. The monoisotopic (exact) mass is 371 g/mol. The second-order valence-corrected chi connectivity index (χ2v) is 8.31. The van der Waals surface area contributed by atoms with Crippen molar-refractivity contribution >= 4 is 14.5 Å². The van der Waals surface area contributed by atoms with Crippen molar-refractivity contribution in [2.24, 2.45) is 11.7 Å². The Hall–Kier alpha value is -1.61. The Kier molecular flexibility index (Phi) is 5.57. The summed E-state index contributed by atoms with van der Waals surface area (Å²) in [4.78, 5) is 0. The number of benzene rings is 1. The van der Waals surface area contributed by atoms with Crippen LogP contribution in [-0.4, -0.2) is 35.2 Å². The summed E-state index contributed by atoms with van der Waals surface area (Å²) in [6.45, 7) is 7.19. The van der Waals surface area contributed by atoms with Crippen molar-refractivity contribution in [1.29, 1.82) is 0 Å². The fraction of sp³-hybridized carbons (Fsp3) is 0.429. The minimum Gasteiger partial charge on any atom is -0.440 e. The van der Waals surface area contributed by atoms with Crippen LogP contribution in [0, 0.1) is 5.92 Å². The predicted molar refractivity (Wildman–Crippen MR) is 112 cm³/mol. The van der Waals surface area contributed by atoms with Crippen molar-refractivity contribution in [3.05, 3.63) is 60.0 Å². The molecule has 0 spiro atoms. The molecule has 26 heavy (non-hydrogen) atoms. The highest BCUT2D eigenvalue weighted by molar-refractivity contribution is 7.27.